The number of pyridine rings is 1. The van der Waals surface area contributed by atoms with Gasteiger partial charge in [-0.1, -0.05) is 13.0 Å². The van der Waals surface area contributed by atoms with Crippen molar-refractivity contribution >= 4 is 11.9 Å². The molecule has 0 aromatic carbocycles. The highest BCUT2D eigenvalue weighted by atomic mass is 16.5. The third-order valence-corrected chi connectivity index (χ3v) is 4.05. The van der Waals surface area contributed by atoms with E-state index < -0.39 is 0 Å². The Hall–Kier alpha value is -2.31. The lowest BCUT2D eigenvalue weighted by Gasteiger charge is -2.21. The minimum atomic E-state index is -0.162. The predicted octanol–water partition coefficient (Wildman–Crippen LogP) is 0.906. The zero-order valence-corrected chi connectivity index (χ0v) is 14.1. The van der Waals surface area contributed by atoms with Crippen molar-refractivity contribution in [3.8, 4) is 5.88 Å². The second-order valence-corrected chi connectivity index (χ2v) is 5.58. The van der Waals surface area contributed by atoms with Crippen molar-refractivity contribution in [1.82, 2.24) is 15.2 Å². The molecule has 7 heteroatoms. The van der Waals surface area contributed by atoms with E-state index >= 15 is 0 Å². The van der Waals surface area contributed by atoms with E-state index in [2.05, 4.69) is 27.1 Å². The van der Waals surface area contributed by atoms with Crippen LogP contribution in [0.4, 0.5) is 0 Å². The fraction of sp³-hybridized carbons (Fsp3) is 0.562. The molecule has 1 saturated heterocycles. The summed E-state index contributed by atoms with van der Waals surface area (Å²) in [6, 6.07) is 5.63. The van der Waals surface area contributed by atoms with Crippen molar-refractivity contribution in [3.05, 3.63) is 23.9 Å². The number of aliphatic imine (C=N–C) groups is 1. The van der Waals surface area contributed by atoms with E-state index in [1.807, 2.05) is 12.1 Å². The lowest BCUT2D eigenvalue weighted by molar-refractivity contribution is -0.145. The Morgan fingerprint density at radius 2 is 2.22 bits per heavy atom. The third kappa shape index (κ3) is 4.12. The van der Waals surface area contributed by atoms with Crippen molar-refractivity contribution in [2.45, 2.75) is 13.5 Å². The Morgan fingerprint density at radius 1 is 1.43 bits per heavy atom. The lowest BCUT2D eigenvalue weighted by Crippen LogP contribution is -2.40. The molecule has 1 aromatic rings. The first kappa shape index (κ1) is 17.1. The van der Waals surface area contributed by atoms with Gasteiger partial charge in [-0.15, -0.1) is 0 Å². The summed E-state index contributed by atoms with van der Waals surface area (Å²) in [7, 11) is 4.76. The van der Waals surface area contributed by atoms with Gasteiger partial charge in [0, 0.05) is 26.2 Å². The van der Waals surface area contributed by atoms with E-state index in [-0.39, 0.29) is 17.8 Å². The maximum absolute atomic E-state index is 11.8. The number of carbonyl (C=O) groups excluding carboxylic acids is 1. The normalized spacial score (nSPS) is 21.2. The molecule has 7 nitrogen and oxygen atoms in total. The molecule has 0 saturated carbocycles. The summed E-state index contributed by atoms with van der Waals surface area (Å²) < 4.78 is 9.99. The maximum Gasteiger partial charge on any atom is 0.310 e. The van der Waals surface area contributed by atoms with Gasteiger partial charge in [-0.25, -0.2) is 4.98 Å². The summed E-state index contributed by atoms with van der Waals surface area (Å²) in [5.41, 5.74) is 0.863. The number of nitrogens with zero attached hydrogens (tertiary/aromatic N) is 3. The molecule has 23 heavy (non-hydrogen) atoms. The summed E-state index contributed by atoms with van der Waals surface area (Å²) in [5, 5.41) is 3.28. The smallest absolute Gasteiger partial charge is 0.310 e. The minimum Gasteiger partial charge on any atom is -0.481 e. The van der Waals surface area contributed by atoms with E-state index in [1.165, 1.54) is 7.11 Å². The SMILES string of the molecule is CN=C(NCc1cccc(OC)n1)N1CC(C)C(C(=O)OC)C1. The van der Waals surface area contributed by atoms with Gasteiger partial charge in [0.15, 0.2) is 5.96 Å². The summed E-state index contributed by atoms with van der Waals surface area (Å²) >= 11 is 0. The van der Waals surface area contributed by atoms with E-state index in [9.17, 15) is 4.79 Å². The molecular formula is C16H24N4O3. The van der Waals surface area contributed by atoms with Crippen molar-refractivity contribution < 1.29 is 14.3 Å². The molecule has 1 aliphatic rings. The van der Waals surface area contributed by atoms with Gasteiger partial charge in [-0.3, -0.25) is 9.79 Å². The Bertz CT molecular complexity index is 576. The standard InChI is InChI=1S/C16H24N4O3/c1-11-9-20(10-13(11)15(21)23-4)16(17-2)18-8-12-6-5-7-14(19-12)22-3/h5-7,11,13H,8-10H2,1-4H3,(H,17,18). The molecule has 126 valence electrons. The quantitative estimate of drug-likeness (QED) is 0.505. The molecule has 0 aliphatic carbocycles. The first-order valence-electron chi connectivity index (χ1n) is 7.62. The van der Waals surface area contributed by atoms with E-state index in [1.54, 1.807) is 20.2 Å². The molecule has 0 spiro atoms. The Balaban J connectivity index is 1.97. The van der Waals surface area contributed by atoms with Crippen LogP contribution in [0.5, 0.6) is 5.88 Å². The van der Waals surface area contributed by atoms with Crippen molar-refractivity contribution in [2.75, 3.05) is 34.4 Å². The van der Waals surface area contributed by atoms with Gasteiger partial charge in [0.1, 0.15) is 0 Å². The molecule has 1 N–H and O–H groups in total. The van der Waals surface area contributed by atoms with Crippen LogP contribution in [0, 0.1) is 11.8 Å². The molecule has 0 radical (unpaired) electrons. The molecule has 2 heterocycles. The van der Waals surface area contributed by atoms with Crippen LogP contribution in [0.3, 0.4) is 0 Å². The van der Waals surface area contributed by atoms with Gasteiger partial charge >= 0.3 is 5.97 Å². The van der Waals surface area contributed by atoms with Crippen LogP contribution in [0.1, 0.15) is 12.6 Å². The number of aromatic nitrogens is 1. The average molecular weight is 320 g/mol. The summed E-state index contributed by atoms with van der Waals surface area (Å²) in [6.07, 6.45) is 0. The van der Waals surface area contributed by atoms with Gasteiger partial charge < -0.3 is 19.7 Å². The number of hydrogen-bond acceptors (Lipinski definition) is 5. The summed E-state index contributed by atoms with van der Waals surface area (Å²) in [4.78, 5) is 22.5. The number of methoxy groups -OCH3 is 2. The van der Waals surface area contributed by atoms with Crippen LogP contribution in [0.25, 0.3) is 0 Å². The average Bonchev–Trinajstić information content (AvgIpc) is 2.96. The molecule has 2 unspecified atom stereocenters. The topological polar surface area (TPSA) is 76.1 Å². The van der Waals surface area contributed by atoms with Crippen molar-refractivity contribution in [2.24, 2.45) is 16.8 Å². The number of likely N-dealkylation sites (tertiary alicyclic amines) is 1. The van der Waals surface area contributed by atoms with Crippen LogP contribution < -0.4 is 10.1 Å². The monoisotopic (exact) mass is 320 g/mol. The zero-order valence-electron chi connectivity index (χ0n) is 14.1. The zero-order chi connectivity index (χ0) is 16.8. The number of nitrogens with one attached hydrogen (secondary N) is 1. The molecule has 1 aliphatic heterocycles. The second-order valence-electron chi connectivity index (χ2n) is 5.58. The van der Waals surface area contributed by atoms with E-state index in [0.29, 0.717) is 19.0 Å². The molecule has 0 amide bonds. The highest BCUT2D eigenvalue weighted by Gasteiger charge is 2.36. The predicted molar refractivity (Wildman–Crippen MR) is 87.2 cm³/mol. The fourth-order valence-electron chi connectivity index (χ4n) is 2.77. The molecular weight excluding hydrogens is 296 g/mol. The van der Waals surface area contributed by atoms with Gasteiger partial charge in [0.25, 0.3) is 0 Å². The van der Waals surface area contributed by atoms with Crippen LogP contribution >= 0.6 is 0 Å². The molecule has 1 aromatic heterocycles. The molecule has 0 bridgehead atoms. The fourth-order valence-corrected chi connectivity index (χ4v) is 2.77. The largest absolute Gasteiger partial charge is 0.481 e. The lowest BCUT2D eigenvalue weighted by atomic mass is 9.99. The number of hydrogen-bond donors (Lipinski definition) is 1. The first-order valence-corrected chi connectivity index (χ1v) is 7.62. The summed E-state index contributed by atoms with van der Waals surface area (Å²) in [5.74, 6) is 1.29. The molecule has 1 fully saturated rings. The van der Waals surface area contributed by atoms with Gasteiger partial charge in [-0.05, 0) is 12.0 Å². The van der Waals surface area contributed by atoms with Gasteiger partial charge in [0.05, 0.1) is 32.4 Å². The van der Waals surface area contributed by atoms with Gasteiger partial charge in [0.2, 0.25) is 5.88 Å². The number of ether oxygens (including phenoxy) is 2. The van der Waals surface area contributed by atoms with Crippen LogP contribution in [0.2, 0.25) is 0 Å². The van der Waals surface area contributed by atoms with Crippen molar-refractivity contribution in [1.29, 1.82) is 0 Å². The van der Waals surface area contributed by atoms with Crippen molar-refractivity contribution in [3.63, 3.8) is 0 Å². The van der Waals surface area contributed by atoms with Crippen LogP contribution in [-0.2, 0) is 16.1 Å². The van der Waals surface area contributed by atoms with Crippen LogP contribution in [0.15, 0.2) is 23.2 Å². The number of carbonyl (C=O) groups is 1. The summed E-state index contributed by atoms with van der Waals surface area (Å²) in [6.45, 7) is 3.97. The highest BCUT2D eigenvalue weighted by molar-refractivity contribution is 5.82. The second kappa shape index (κ2) is 7.80. The Labute approximate surface area is 136 Å². The maximum atomic E-state index is 11.8. The van der Waals surface area contributed by atoms with Gasteiger partial charge in [-0.2, -0.15) is 0 Å². The Kier molecular flexibility index (Phi) is 5.78. The molecule has 2 rings (SSSR count). The number of esters is 1. The van der Waals surface area contributed by atoms with Crippen LogP contribution in [-0.4, -0.2) is 56.2 Å². The number of rotatable bonds is 4. The molecule has 2 atom stereocenters. The highest BCUT2D eigenvalue weighted by Crippen LogP contribution is 2.24. The third-order valence-electron chi connectivity index (χ3n) is 4.05. The first-order chi connectivity index (χ1) is 11.1. The van der Waals surface area contributed by atoms with E-state index in [0.717, 1.165) is 18.2 Å². The Morgan fingerprint density at radius 3 is 2.87 bits per heavy atom. The number of guanidine groups is 1. The van der Waals surface area contributed by atoms with E-state index in [4.69, 9.17) is 9.47 Å². The minimum absolute atomic E-state index is 0.117.